The zero-order valence-electron chi connectivity index (χ0n) is 16.3. The van der Waals surface area contributed by atoms with Crippen LogP contribution in [0.4, 0.5) is 0 Å². The molecular weight excluding hydrogens is 370 g/mol. The van der Waals surface area contributed by atoms with Gasteiger partial charge in [-0.1, -0.05) is 25.1 Å². The van der Waals surface area contributed by atoms with Crippen LogP contribution in [0.15, 0.2) is 42.5 Å². The quantitative estimate of drug-likeness (QED) is 0.768. The lowest BCUT2D eigenvalue weighted by atomic mass is 9.90. The Bertz CT molecular complexity index is 963. The van der Waals surface area contributed by atoms with Gasteiger partial charge in [0, 0.05) is 6.54 Å². The molecule has 29 heavy (non-hydrogen) atoms. The van der Waals surface area contributed by atoms with Crippen molar-refractivity contribution in [3.8, 4) is 29.4 Å². The third kappa shape index (κ3) is 3.15. The molecule has 2 aromatic carbocycles. The molecule has 1 fully saturated rings. The average Bonchev–Trinajstić information content (AvgIpc) is 3.36. The van der Waals surface area contributed by atoms with E-state index in [1.54, 1.807) is 7.11 Å². The first-order chi connectivity index (χ1) is 14.2. The van der Waals surface area contributed by atoms with Gasteiger partial charge in [0.05, 0.1) is 13.2 Å². The highest BCUT2D eigenvalue weighted by Gasteiger charge is 2.56. The van der Waals surface area contributed by atoms with Crippen molar-refractivity contribution < 1.29 is 18.9 Å². The van der Waals surface area contributed by atoms with Crippen molar-refractivity contribution in [2.45, 2.75) is 31.2 Å². The lowest BCUT2D eigenvalue weighted by molar-refractivity contribution is -0.00908. The fourth-order valence-electron chi connectivity index (χ4n) is 3.92. The Kier molecular flexibility index (Phi) is 5.02. The molecule has 4 rings (SSSR count). The summed E-state index contributed by atoms with van der Waals surface area (Å²) in [7, 11) is 1.61. The zero-order chi connectivity index (χ0) is 20.4. The van der Waals surface area contributed by atoms with Crippen molar-refractivity contribution in [3.63, 3.8) is 0 Å². The van der Waals surface area contributed by atoms with E-state index in [1.807, 2.05) is 42.5 Å². The van der Waals surface area contributed by atoms with Gasteiger partial charge in [0.15, 0.2) is 11.5 Å². The smallest absolute Gasteiger partial charge is 0.262 e. The molecule has 2 heterocycles. The van der Waals surface area contributed by atoms with Crippen LogP contribution in [-0.4, -0.2) is 30.9 Å². The molecule has 1 saturated heterocycles. The van der Waals surface area contributed by atoms with Crippen molar-refractivity contribution in [3.05, 3.63) is 53.6 Å². The van der Waals surface area contributed by atoms with Gasteiger partial charge in [-0.15, -0.1) is 0 Å². The van der Waals surface area contributed by atoms with Crippen LogP contribution in [0.1, 0.15) is 36.7 Å². The Balaban J connectivity index is 1.80. The Morgan fingerprint density at radius 1 is 1.07 bits per heavy atom. The van der Waals surface area contributed by atoms with Crippen molar-refractivity contribution in [1.82, 2.24) is 4.90 Å². The van der Waals surface area contributed by atoms with Crippen molar-refractivity contribution in [2.24, 2.45) is 0 Å². The highest BCUT2D eigenvalue weighted by molar-refractivity contribution is 5.48. The van der Waals surface area contributed by atoms with Crippen LogP contribution in [0, 0.1) is 22.7 Å². The van der Waals surface area contributed by atoms with Gasteiger partial charge in [-0.2, -0.15) is 10.5 Å². The monoisotopic (exact) mass is 391 g/mol. The molecule has 0 amide bonds. The Morgan fingerprint density at radius 3 is 2.41 bits per heavy atom. The summed E-state index contributed by atoms with van der Waals surface area (Å²) in [6.07, 6.45) is 0.305. The van der Waals surface area contributed by atoms with Gasteiger partial charge in [-0.25, -0.2) is 0 Å². The predicted octanol–water partition coefficient (Wildman–Crippen LogP) is 3.69. The molecule has 2 aromatic rings. The summed E-state index contributed by atoms with van der Waals surface area (Å²) >= 11 is 0. The molecular formula is C22H21N3O4. The number of hydrogen-bond donors (Lipinski definition) is 0. The van der Waals surface area contributed by atoms with E-state index in [9.17, 15) is 10.5 Å². The second kappa shape index (κ2) is 7.63. The molecule has 2 aliphatic heterocycles. The molecule has 0 saturated carbocycles. The van der Waals surface area contributed by atoms with Crippen LogP contribution in [0.25, 0.3) is 0 Å². The average molecular weight is 391 g/mol. The molecule has 7 nitrogen and oxygen atoms in total. The summed E-state index contributed by atoms with van der Waals surface area (Å²) in [6, 6.07) is 16.7. The Morgan fingerprint density at radius 2 is 1.76 bits per heavy atom. The van der Waals surface area contributed by atoms with Gasteiger partial charge in [0.1, 0.15) is 24.1 Å². The molecule has 0 N–H and O–H groups in total. The van der Waals surface area contributed by atoms with E-state index in [0.717, 1.165) is 23.3 Å². The number of nitriles is 2. The maximum absolute atomic E-state index is 9.97. The second-order valence-electron chi connectivity index (χ2n) is 6.96. The molecule has 0 aliphatic carbocycles. The summed E-state index contributed by atoms with van der Waals surface area (Å²) in [4.78, 5) is 2.06. The molecule has 148 valence electrons. The maximum atomic E-state index is 9.97. The number of benzene rings is 2. The van der Waals surface area contributed by atoms with Crippen LogP contribution in [0.3, 0.4) is 0 Å². The third-order valence-electron chi connectivity index (χ3n) is 5.24. The summed E-state index contributed by atoms with van der Waals surface area (Å²) in [5.74, 6) is 1.99. The van der Waals surface area contributed by atoms with Gasteiger partial charge in [0.25, 0.3) is 5.60 Å². The Labute approximate surface area is 169 Å². The van der Waals surface area contributed by atoms with E-state index in [-0.39, 0.29) is 6.79 Å². The van der Waals surface area contributed by atoms with E-state index in [1.165, 1.54) is 0 Å². The van der Waals surface area contributed by atoms with E-state index >= 15 is 0 Å². The number of hydrogen-bond acceptors (Lipinski definition) is 7. The Hall–Kier alpha value is -3.26. The fourth-order valence-corrected chi connectivity index (χ4v) is 3.92. The summed E-state index contributed by atoms with van der Waals surface area (Å²) < 4.78 is 22.3. The third-order valence-corrected chi connectivity index (χ3v) is 5.24. The molecule has 0 spiro atoms. The van der Waals surface area contributed by atoms with Crippen LogP contribution in [0.5, 0.6) is 17.2 Å². The van der Waals surface area contributed by atoms with Gasteiger partial charge >= 0.3 is 0 Å². The molecule has 0 radical (unpaired) electrons. The van der Waals surface area contributed by atoms with Crippen molar-refractivity contribution in [1.29, 1.82) is 10.5 Å². The van der Waals surface area contributed by atoms with E-state index in [0.29, 0.717) is 18.0 Å². The van der Waals surface area contributed by atoms with E-state index in [4.69, 9.17) is 18.9 Å². The summed E-state index contributed by atoms with van der Waals surface area (Å²) in [6.45, 7) is 2.87. The first kappa shape index (κ1) is 19.1. The number of fused-ring (bicyclic) bond motifs is 1. The molecule has 0 aromatic heterocycles. The van der Waals surface area contributed by atoms with Gasteiger partial charge in [0.2, 0.25) is 6.79 Å². The predicted molar refractivity (Wildman–Crippen MR) is 103 cm³/mol. The maximum Gasteiger partial charge on any atom is 0.262 e. The van der Waals surface area contributed by atoms with Gasteiger partial charge in [-0.05, 0) is 41.8 Å². The first-order valence-corrected chi connectivity index (χ1v) is 9.45. The first-order valence-electron chi connectivity index (χ1n) is 9.45. The normalized spacial score (nSPS) is 22.1. The van der Waals surface area contributed by atoms with Crippen molar-refractivity contribution >= 4 is 0 Å². The van der Waals surface area contributed by atoms with Gasteiger partial charge < -0.3 is 18.9 Å². The van der Waals surface area contributed by atoms with Gasteiger partial charge in [-0.3, -0.25) is 4.90 Å². The van der Waals surface area contributed by atoms with Crippen LogP contribution < -0.4 is 14.2 Å². The molecule has 2 aliphatic rings. The van der Waals surface area contributed by atoms with Crippen LogP contribution in [-0.2, 0) is 4.74 Å². The number of nitrogens with zero attached hydrogens (tertiary/aromatic N) is 3. The topological polar surface area (TPSA) is 87.7 Å². The second-order valence-corrected chi connectivity index (χ2v) is 6.96. The zero-order valence-corrected chi connectivity index (χ0v) is 16.3. The van der Waals surface area contributed by atoms with Crippen LogP contribution in [0.2, 0.25) is 0 Å². The lowest BCUT2D eigenvalue weighted by Gasteiger charge is -2.29. The number of ether oxygens (including phenoxy) is 4. The minimum Gasteiger partial charge on any atom is -0.497 e. The van der Waals surface area contributed by atoms with E-state index in [2.05, 4.69) is 24.0 Å². The molecule has 7 heteroatoms. The van der Waals surface area contributed by atoms with Crippen molar-refractivity contribution in [2.75, 3.05) is 20.4 Å². The van der Waals surface area contributed by atoms with E-state index < -0.39 is 17.9 Å². The highest BCUT2D eigenvalue weighted by Crippen LogP contribution is 2.50. The molecule has 2 atom stereocenters. The standard InChI is InChI=1S/C22H21N3O4/c1-3-10-25-20(16-6-9-18-19(11-16)28-14-27-18)22(12-23,13-24)29-21(25)15-4-7-17(26-2)8-5-15/h4-9,11,20-21H,3,10,14H2,1-2H3/t20-,21-/m1/s1. The van der Waals surface area contributed by atoms with Crippen LogP contribution >= 0.6 is 0 Å². The summed E-state index contributed by atoms with van der Waals surface area (Å²) in [5.41, 5.74) is -0.00724. The largest absolute Gasteiger partial charge is 0.497 e. The SMILES string of the molecule is CCCN1[C@@H](c2ccc(OC)cc2)OC(C#N)(C#N)[C@H]1c1ccc2c(c1)OCO2. The minimum absolute atomic E-state index is 0.161. The number of methoxy groups -OCH3 is 1. The molecule has 0 bridgehead atoms. The number of rotatable bonds is 5. The lowest BCUT2D eigenvalue weighted by Crippen LogP contribution is -2.36. The highest BCUT2D eigenvalue weighted by atomic mass is 16.7. The summed E-state index contributed by atoms with van der Waals surface area (Å²) in [5, 5.41) is 19.9. The minimum atomic E-state index is -1.65. The molecule has 0 unspecified atom stereocenters. The fraction of sp³-hybridized carbons (Fsp3) is 0.364.